The van der Waals surface area contributed by atoms with Crippen LogP contribution in [-0.2, 0) is 17.6 Å². The minimum absolute atomic E-state index is 0.126. The lowest BCUT2D eigenvalue weighted by atomic mass is 10.1. The fraction of sp³-hybridized carbons (Fsp3) is 0.364. The summed E-state index contributed by atoms with van der Waals surface area (Å²) < 4.78 is 0. The van der Waals surface area contributed by atoms with E-state index in [4.69, 9.17) is 0 Å². The summed E-state index contributed by atoms with van der Waals surface area (Å²) in [7, 11) is 0. The van der Waals surface area contributed by atoms with E-state index in [0.29, 0.717) is 18.5 Å². The molecule has 27 heavy (non-hydrogen) atoms. The van der Waals surface area contributed by atoms with E-state index in [0.717, 1.165) is 18.6 Å². The molecule has 2 aromatic rings. The first-order valence-corrected chi connectivity index (χ1v) is 10.7. The number of aryl methyl sites for hydroxylation is 1. The van der Waals surface area contributed by atoms with Gasteiger partial charge in [-0.3, -0.25) is 9.59 Å². The molecule has 0 saturated heterocycles. The van der Waals surface area contributed by atoms with E-state index in [1.165, 1.54) is 11.1 Å². The molecule has 0 aliphatic carbocycles. The molecule has 2 amide bonds. The van der Waals surface area contributed by atoms with Crippen LogP contribution in [0.25, 0.3) is 0 Å². The third-order valence-corrected chi connectivity index (χ3v) is 5.06. The maximum absolute atomic E-state index is 12.6. The van der Waals surface area contributed by atoms with Crippen molar-refractivity contribution in [1.82, 2.24) is 10.6 Å². The summed E-state index contributed by atoms with van der Waals surface area (Å²) in [6.07, 6.45) is 4.31. The average molecular weight is 385 g/mol. The Bertz CT molecular complexity index is 717. The molecule has 0 saturated carbocycles. The molecule has 0 unspecified atom stereocenters. The third kappa shape index (κ3) is 7.10. The second kappa shape index (κ2) is 11.4. The number of carbonyl (C=O) groups is 2. The van der Waals surface area contributed by atoms with Crippen LogP contribution in [0.3, 0.4) is 0 Å². The molecule has 0 aliphatic rings. The monoisotopic (exact) mass is 384 g/mol. The Kier molecular flexibility index (Phi) is 8.92. The zero-order chi connectivity index (χ0) is 19.5. The largest absolute Gasteiger partial charge is 0.354 e. The summed E-state index contributed by atoms with van der Waals surface area (Å²) in [5, 5.41) is 5.84. The summed E-state index contributed by atoms with van der Waals surface area (Å²) >= 11 is 1.66. The number of hydrogen-bond acceptors (Lipinski definition) is 3. The standard InChI is InChI=1S/C22H28N2O2S/c1-3-17-9-11-19(12-10-17)21(25)24-20(14-16-27-2)22(26)23-15-13-18-7-5-4-6-8-18/h4-12,20H,3,13-16H2,1-2H3,(H,23,26)(H,24,25)/t20-/m0/s1. The van der Waals surface area contributed by atoms with Gasteiger partial charge in [-0.15, -0.1) is 0 Å². The first kappa shape index (κ1) is 21.0. The van der Waals surface area contributed by atoms with Crippen LogP contribution in [0, 0.1) is 0 Å². The van der Waals surface area contributed by atoms with Crippen molar-refractivity contribution in [2.45, 2.75) is 32.2 Å². The van der Waals surface area contributed by atoms with Crippen LogP contribution < -0.4 is 10.6 Å². The molecule has 0 heterocycles. The van der Waals surface area contributed by atoms with Crippen molar-refractivity contribution in [2.75, 3.05) is 18.6 Å². The van der Waals surface area contributed by atoms with E-state index in [1.54, 1.807) is 11.8 Å². The minimum Gasteiger partial charge on any atom is -0.354 e. The Hall–Kier alpha value is -2.27. The van der Waals surface area contributed by atoms with Gasteiger partial charge in [0.05, 0.1) is 0 Å². The van der Waals surface area contributed by atoms with Crippen molar-refractivity contribution >= 4 is 23.6 Å². The van der Waals surface area contributed by atoms with Gasteiger partial charge >= 0.3 is 0 Å². The zero-order valence-corrected chi connectivity index (χ0v) is 16.9. The Balaban J connectivity index is 1.91. The molecule has 4 nitrogen and oxygen atoms in total. The highest BCUT2D eigenvalue weighted by atomic mass is 32.2. The van der Waals surface area contributed by atoms with Crippen molar-refractivity contribution < 1.29 is 9.59 Å². The molecule has 0 fully saturated rings. The normalized spacial score (nSPS) is 11.6. The predicted octanol–water partition coefficient (Wildman–Crippen LogP) is 3.46. The first-order valence-electron chi connectivity index (χ1n) is 9.34. The van der Waals surface area contributed by atoms with Crippen LogP contribution in [0.15, 0.2) is 54.6 Å². The van der Waals surface area contributed by atoms with E-state index in [2.05, 4.69) is 17.6 Å². The predicted molar refractivity (Wildman–Crippen MR) is 113 cm³/mol. The first-order chi connectivity index (χ1) is 13.1. The molecule has 0 radical (unpaired) electrons. The second-order valence-electron chi connectivity index (χ2n) is 6.38. The van der Waals surface area contributed by atoms with Crippen molar-refractivity contribution in [3.8, 4) is 0 Å². The van der Waals surface area contributed by atoms with E-state index in [-0.39, 0.29) is 11.8 Å². The smallest absolute Gasteiger partial charge is 0.251 e. The lowest BCUT2D eigenvalue weighted by Gasteiger charge is -2.18. The summed E-state index contributed by atoms with van der Waals surface area (Å²) in [5.41, 5.74) is 2.95. The number of nitrogens with one attached hydrogen (secondary N) is 2. The van der Waals surface area contributed by atoms with Crippen molar-refractivity contribution in [1.29, 1.82) is 0 Å². The van der Waals surface area contributed by atoms with Gasteiger partial charge in [-0.2, -0.15) is 11.8 Å². The fourth-order valence-electron chi connectivity index (χ4n) is 2.74. The van der Waals surface area contributed by atoms with E-state index < -0.39 is 6.04 Å². The topological polar surface area (TPSA) is 58.2 Å². The summed E-state index contributed by atoms with van der Waals surface area (Å²) in [5.74, 6) is 0.478. The number of rotatable bonds is 10. The van der Waals surface area contributed by atoms with Gasteiger partial charge in [0.2, 0.25) is 5.91 Å². The Morgan fingerprint density at radius 3 is 2.33 bits per heavy atom. The van der Waals surface area contributed by atoms with Gasteiger partial charge in [-0.05, 0) is 54.5 Å². The highest BCUT2D eigenvalue weighted by Crippen LogP contribution is 2.07. The van der Waals surface area contributed by atoms with Gasteiger partial charge in [0.15, 0.2) is 0 Å². The van der Waals surface area contributed by atoms with Crippen molar-refractivity contribution in [3.63, 3.8) is 0 Å². The van der Waals surface area contributed by atoms with Gasteiger partial charge in [-0.25, -0.2) is 0 Å². The number of amides is 2. The fourth-order valence-corrected chi connectivity index (χ4v) is 3.21. The number of thioether (sulfide) groups is 1. The van der Waals surface area contributed by atoms with Gasteiger partial charge < -0.3 is 10.6 Å². The van der Waals surface area contributed by atoms with Crippen LogP contribution in [0.2, 0.25) is 0 Å². The second-order valence-corrected chi connectivity index (χ2v) is 7.37. The Labute approximate surface area is 166 Å². The summed E-state index contributed by atoms with van der Waals surface area (Å²) in [6, 6.07) is 17.0. The maximum Gasteiger partial charge on any atom is 0.251 e. The zero-order valence-electron chi connectivity index (χ0n) is 16.0. The molecule has 0 aromatic heterocycles. The summed E-state index contributed by atoms with van der Waals surface area (Å²) in [4.78, 5) is 25.1. The van der Waals surface area contributed by atoms with Crippen LogP contribution >= 0.6 is 11.8 Å². The van der Waals surface area contributed by atoms with Gasteiger partial charge in [0.1, 0.15) is 6.04 Å². The van der Waals surface area contributed by atoms with Crippen LogP contribution in [0.4, 0.5) is 0 Å². The van der Waals surface area contributed by atoms with Crippen LogP contribution in [0.5, 0.6) is 0 Å². The average Bonchev–Trinajstić information content (AvgIpc) is 2.71. The highest BCUT2D eigenvalue weighted by molar-refractivity contribution is 7.98. The van der Waals surface area contributed by atoms with E-state index in [1.807, 2.05) is 60.9 Å². The molecule has 144 valence electrons. The molecule has 5 heteroatoms. The van der Waals surface area contributed by atoms with Crippen LogP contribution in [0.1, 0.15) is 34.8 Å². The van der Waals surface area contributed by atoms with Gasteiger partial charge in [0.25, 0.3) is 5.91 Å². The lowest BCUT2D eigenvalue weighted by Crippen LogP contribution is -2.47. The molecule has 0 aliphatic heterocycles. The summed E-state index contributed by atoms with van der Waals surface area (Å²) in [6.45, 7) is 2.63. The highest BCUT2D eigenvalue weighted by Gasteiger charge is 2.20. The van der Waals surface area contributed by atoms with Crippen molar-refractivity contribution in [2.24, 2.45) is 0 Å². The van der Waals surface area contributed by atoms with Crippen LogP contribution in [-0.4, -0.2) is 36.4 Å². The SMILES string of the molecule is CCc1ccc(C(=O)N[C@@H](CCSC)C(=O)NCCc2ccccc2)cc1. The van der Waals surface area contributed by atoms with E-state index in [9.17, 15) is 9.59 Å². The number of carbonyl (C=O) groups excluding carboxylic acids is 2. The Morgan fingerprint density at radius 1 is 1.00 bits per heavy atom. The molecule has 2 N–H and O–H groups in total. The van der Waals surface area contributed by atoms with E-state index >= 15 is 0 Å². The molecule has 2 aromatic carbocycles. The van der Waals surface area contributed by atoms with Gasteiger partial charge in [-0.1, -0.05) is 49.4 Å². The maximum atomic E-state index is 12.6. The third-order valence-electron chi connectivity index (χ3n) is 4.41. The number of hydrogen-bond donors (Lipinski definition) is 2. The molecular formula is C22H28N2O2S. The quantitative estimate of drug-likeness (QED) is 0.660. The number of benzene rings is 2. The minimum atomic E-state index is -0.522. The van der Waals surface area contributed by atoms with Crippen molar-refractivity contribution in [3.05, 3.63) is 71.3 Å². The Morgan fingerprint density at radius 2 is 1.70 bits per heavy atom. The molecule has 1 atom stereocenters. The lowest BCUT2D eigenvalue weighted by molar-refractivity contribution is -0.122. The molecular weight excluding hydrogens is 356 g/mol. The molecule has 0 spiro atoms. The molecule has 2 rings (SSSR count). The van der Waals surface area contributed by atoms with Gasteiger partial charge in [0, 0.05) is 12.1 Å². The molecule has 0 bridgehead atoms.